The van der Waals surface area contributed by atoms with E-state index in [9.17, 15) is 18.3 Å². The van der Waals surface area contributed by atoms with Gasteiger partial charge in [-0.1, -0.05) is 23.4 Å². The number of alkyl halides is 3. The molecule has 0 spiro atoms. The molecule has 0 radical (unpaired) electrons. The lowest BCUT2D eigenvalue weighted by molar-refractivity contribution is -0.219. The number of benzene rings is 1. The molecule has 0 bridgehead atoms. The van der Waals surface area contributed by atoms with Crippen LogP contribution < -0.4 is 0 Å². The van der Waals surface area contributed by atoms with Gasteiger partial charge in [-0.3, -0.25) is 4.90 Å². The quantitative estimate of drug-likeness (QED) is 0.926. The molecule has 1 aromatic heterocycles. The summed E-state index contributed by atoms with van der Waals surface area (Å²) >= 11 is 0. The van der Waals surface area contributed by atoms with Gasteiger partial charge in [-0.2, -0.15) is 18.2 Å². The molecule has 3 rings (SSSR count). The minimum atomic E-state index is -4.63. The monoisotopic (exact) mass is 341 g/mol. The summed E-state index contributed by atoms with van der Waals surface area (Å²) in [4.78, 5) is 5.84. The fourth-order valence-corrected chi connectivity index (χ4v) is 3.05. The van der Waals surface area contributed by atoms with Crippen LogP contribution in [0.2, 0.25) is 0 Å². The number of aliphatic hydroxyl groups is 1. The van der Waals surface area contributed by atoms with Crippen LogP contribution in [0.25, 0.3) is 11.5 Å². The van der Waals surface area contributed by atoms with Gasteiger partial charge in [0.05, 0.1) is 6.54 Å². The maximum atomic E-state index is 12.8. The average Bonchev–Trinajstić information content (AvgIpc) is 3.16. The predicted octanol–water partition coefficient (Wildman–Crippen LogP) is 2.93. The van der Waals surface area contributed by atoms with Crippen molar-refractivity contribution in [3.8, 4) is 11.5 Å². The topological polar surface area (TPSA) is 62.4 Å². The molecule has 2 atom stereocenters. The number of hydrogen-bond donors (Lipinski definition) is 1. The lowest BCUT2D eigenvalue weighted by Crippen LogP contribution is -2.46. The summed E-state index contributed by atoms with van der Waals surface area (Å²) in [7, 11) is 0. The lowest BCUT2D eigenvalue weighted by Gasteiger charge is -2.28. The molecule has 5 nitrogen and oxygen atoms in total. The van der Waals surface area contributed by atoms with Gasteiger partial charge < -0.3 is 9.63 Å². The molecule has 0 amide bonds. The second-order valence-electron chi connectivity index (χ2n) is 6.00. The SMILES string of the molecule is Cc1ccccc1-c1nc(CN2CCC[C@H]2[C@@H](O)C(F)(F)F)no1. The number of aromatic nitrogens is 2. The van der Waals surface area contributed by atoms with E-state index in [4.69, 9.17) is 4.52 Å². The van der Waals surface area contributed by atoms with Crippen LogP contribution in [-0.2, 0) is 6.54 Å². The van der Waals surface area contributed by atoms with Gasteiger partial charge in [0.2, 0.25) is 0 Å². The van der Waals surface area contributed by atoms with E-state index in [2.05, 4.69) is 10.1 Å². The number of aliphatic hydroxyl groups excluding tert-OH is 1. The van der Waals surface area contributed by atoms with Crippen molar-refractivity contribution >= 4 is 0 Å². The first-order valence-electron chi connectivity index (χ1n) is 7.73. The first-order valence-corrected chi connectivity index (χ1v) is 7.73. The number of rotatable bonds is 4. The summed E-state index contributed by atoms with van der Waals surface area (Å²) < 4.78 is 43.5. The molecule has 1 aliphatic rings. The van der Waals surface area contributed by atoms with Crippen molar-refractivity contribution < 1.29 is 22.8 Å². The Kier molecular flexibility index (Phi) is 4.60. The van der Waals surface area contributed by atoms with Crippen molar-refractivity contribution in [1.29, 1.82) is 0 Å². The zero-order chi connectivity index (χ0) is 17.3. The van der Waals surface area contributed by atoms with Crippen molar-refractivity contribution in [2.45, 2.75) is 44.6 Å². The molecule has 1 aliphatic heterocycles. The molecule has 8 heteroatoms. The predicted molar refractivity (Wildman–Crippen MR) is 80.0 cm³/mol. The number of halogens is 3. The number of likely N-dealkylation sites (tertiary alicyclic amines) is 1. The van der Waals surface area contributed by atoms with Gasteiger partial charge in [-0.25, -0.2) is 0 Å². The molecule has 0 aliphatic carbocycles. The van der Waals surface area contributed by atoms with Crippen LogP contribution in [0.5, 0.6) is 0 Å². The molecule has 1 N–H and O–H groups in total. The fourth-order valence-electron chi connectivity index (χ4n) is 3.05. The first-order chi connectivity index (χ1) is 11.4. The second kappa shape index (κ2) is 6.52. The third-order valence-corrected chi connectivity index (χ3v) is 4.30. The summed E-state index contributed by atoms with van der Waals surface area (Å²) in [6, 6.07) is 6.53. The maximum absolute atomic E-state index is 12.8. The molecule has 130 valence electrons. The lowest BCUT2D eigenvalue weighted by atomic mass is 10.1. The van der Waals surface area contributed by atoms with Gasteiger partial charge in [0.1, 0.15) is 0 Å². The van der Waals surface area contributed by atoms with Crippen molar-refractivity contribution in [3.63, 3.8) is 0 Å². The zero-order valence-electron chi connectivity index (χ0n) is 13.1. The highest BCUT2D eigenvalue weighted by Crippen LogP contribution is 2.31. The Hall–Kier alpha value is -1.93. The van der Waals surface area contributed by atoms with Gasteiger partial charge in [-0.15, -0.1) is 0 Å². The summed E-state index contributed by atoms with van der Waals surface area (Å²) in [6.45, 7) is 2.49. The van der Waals surface area contributed by atoms with Gasteiger partial charge in [0.25, 0.3) is 5.89 Å². The summed E-state index contributed by atoms with van der Waals surface area (Å²) in [6.07, 6.45) is -6.09. The highest BCUT2D eigenvalue weighted by molar-refractivity contribution is 5.57. The Balaban J connectivity index is 1.74. The van der Waals surface area contributed by atoms with Gasteiger partial charge in [-0.05, 0) is 37.9 Å². The Labute approximate surface area is 137 Å². The van der Waals surface area contributed by atoms with Crippen LogP contribution in [-0.4, -0.2) is 45.0 Å². The minimum Gasteiger partial charge on any atom is -0.382 e. The van der Waals surface area contributed by atoms with E-state index in [0.717, 1.165) is 11.1 Å². The van der Waals surface area contributed by atoms with E-state index in [1.54, 1.807) is 4.90 Å². The third kappa shape index (κ3) is 3.44. The van der Waals surface area contributed by atoms with E-state index in [1.165, 1.54) is 0 Å². The third-order valence-electron chi connectivity index (χ3n) is 4.30. The van der Waals surface area contributed by atoms with Crippen molar-refractivity contribution in [1.82, 2.24) is 15.0 Å². The van der Waals surface area contributed by atoms with E-state index in [0.29, 0.717) is 31.1 Å². The van der Waals surface area contributed by atoms with Gasteiger partial charge in [0, 0.05) is 11.6 Å². The molecule has 1 aromatic carbocycles. The Morgan fingerprint density at radius 1 is 1.38 bits per heavy atom. The highest BCUT2D eigenvalue weighted by Gasteiger charge is 2.47. The molecule has 1 saturated heterocycles. The first kappa shape index (κ1) is 16.9. The van der Waals surface area contributed by atoms with E-state index < -0.39 is 18.3 Å². The van der Waals surface area contributed by atoms with E-state index in [1.807, 2.05) is 31.2 Å². The summed E-state index contributed by atoms with van der Waals surface area (Å²) in [5, 5.41) is 13.4. The fraction of sp³-hybridized carbons (Fsp3) is 0.500. The van der Waals surface area contributed by atoms with Crippen LogP contribution >= 0.6 is 0 Å². The normalized spacial score (nSPS) is 20.5. The van der Waals surface area contributed by atoms with Crippen LogP contribution in [0.4, 0.5) is 13.2 Å². The van der Waals surface area contributed by atoms with Crippen LogP contribution in [0.3, 0.4) is 0 Å². The van der Waals surface area contributed by atoms with Crippen LogP contribution in [0, 0.1) is 6.92 Å². The smallest absolute Gasteiger partial charge is 0.382 e. The van der Waals surface area contributed by atoms with Gasteiger partial charge in [0.15, 0.2) is 11.9 Å². The average molecular weight is 341 g/mol. The van der Waals surface area contributed by atoms with Crippen molar-refractivity contribution in [2.24, 2.45) is 0 Å². The molecular formula is C16H18F3N3O2. The van der Waals surface area contributed by atoms with Gasteiger partial charge >= 0.3 is 6.18 Å². The second-order valence-corrected chi connectivity index (χ2v) is 6.00. The van der Waals surface area contributed by atoms with Crippen molar-refractivity contribution in [3.05, 3.63) is 35.7 Å². The molecule has 0 unspecified atom stereocenters. The Bertz CT molecular complexity index is 702. The largest absolute Gasteiger partial charge is 0.415 e. The van der Waals surface area contributed by atoms with E-state index in [-0.39, 0.29) is 6.54 Å². The molecule has 1 fully saturated rings. The van der Waals surface area contributed by atoms with E-state index >= 15 is 0 Å². The summed E-state index contributed by atoms with van der Waals surface area (Å²) in [5.41, 5.74) is 1.77. The molecular weight excluding hydrogens is 323 g/mol. The standard InChI is InChI=1S/C16H18F3N3O2/c1-10-5-2-3-6-11(10)15-20-13(21-24-15)9-22-8-4-7-12(22)14(23)16(17,18)19/h2-3,5-6,12,14,23H,4,7-9H2,1H3/t12-,14+/m0/s1. The van der Waals surface area contributed by atoms with Crippen LogP contribution in [0.15, 0.2) is 28.8 Å². The number of aryl methyl sites for hydroxylation is 1. The molecule has 24 heavy (non-hydrogen) atoms. The summed E-state index contributed by atoms with van der Waals surface area (Å²) in [5.74, 6) is 0.657. The molecule has 0 saturated carbocycles. The maximum Gasteiger partial charge on any atom is 0.415 e. The molecule has 2 aromatic rings. The highest BCUT2D eigenvalue weighted by atomic mass is 19.4. The van der Waals surface area contributed by atoms with Crippen molar-refractivity contribution in [2.75, 3.05) is 6.54 Å². The minimum absolute atomic E-state index is 0.118. The Morgan fingerprint density at radius 2 is 2.12 bits per heavy atom. The van der Waals surface area contributed by atoms with Crippen LogP contribution in [0.1, 0.15) is 24.2 Å². The molecule has 2 heterocycles. The number of hydrogen-bond acceptors (Lipinski definition) is 5. The zero-order valence-corrected chi connectivity index (χ0v) is 13.1. The number of nitrogens with zero attached hydrogens (tertiary/aromatic N) is 3. The Morgan fingerprint density at radius 3 is 2.83 bits per heavy atom.